The first-order valence-corrected chi connectivity index (χ1v) is 9.97. The monoisotopic (exact) mass is 338 g/mol. The molecule has 0 N–H and O–H groups in total. The molecule has 2 aliphatic heterocycles. The number of amides is 1. The molecule has 126 valence electrons. The number of carbonyl (C=O) groups is 1. The fraction of sp³-hybridized carbons (Fsp3) is 0.733. The van der Waals surface area contributed by atoms with Gasteiger partial charge in [0.15, 0.2) is 9.84 Å². The minimum atomic E-state index is -3.08. The first kappa shape index (κ1) is 15.1. The Morgan fingerprint density at radius 3 is 2.65 bits per heavy atom. The molecule has 2 atom stereocenters. The number of piperazine rings is 1. The van der Waals surface area contributed by atoms with E-state index >= 15 is 0 Å². The second-order valence-electron chi connectivity index (χ2n) is 7.01. The second kappa shape index (κ2) is 5.31. The Hall–Kier alpha value is -1.41. The molecule has 0 radical (unpaired) electrons. The summed E-state index contributed by atoms with van der Waals surface area (Å²) in [6, 6.07) is -0.268. The van der Waals surface area contributed by atoms with Crippen molar-refractivity contribution in [1.29, 1.82) is 0 Å². The molecule has 7 nitrogen and oxygen atoms in total. The summed E-state index contributed by atoms with van der Waals surface area (Å²) in [4.78, 5) is 16.5. The lowest BCUT2D eigenvalue weighted by atomic mass is 10.0. The van der Waals surface area contributed by atoms with Crippen LogP contribution in [0.15, 0.2) is 12.4 Å². The molecule has 1 aromatic rings. The van der Waals surface area contributed by atoms with Crippen LogP contribution in [0.2, 0.25) is 0 Å². The largest absolute Gasteiger partial charge is 0.336 e. The van der Waals surface area contributed by atoms with E-state index < -0.39 is 9.84 Å². The van der Waals surface area contributed by atoms with Crippen LogP contribution >= 0.6 is 0 Å². The van der Waals surface area contributed by atoms with Gasteiger partial charge >= 0.3 is 0 Å². The van der Waals surface area contributed by atoms with Crippen molar-refractivity contribution in [2.24, 2.45) is 13.0 Å². The van der Waals surface area contributed by atoms with E-state index in [1.807, 2.05) is 24.3 Å². The number of hydrogen-bond donors (Lipinski definition) is 0. The number of aromatic nitrogens is 2. The predicted molar refractivity (Wildman–Crippen MR) is 84.3 cm³/mol. The molecule has 1 aliphatic carbocycles. The minimum absolute atomic E-state index is 0.0864. The fourth-order valence-corrected chi connectivity index (χ4v) is 5.86. The van der Waals surface area contributed by atoms with Gasteiger partial charge in [-0.05, 0) is 12.8 Å². The number of fused-ring (bicyclic) bond motifs is 1. The summed E-state index contributed by atoms with van der Waals surface area (Å²) in [5, 5.41) is 4.18. The molecule has 1 saturated carbocycles. The van der Waals surface area contributed by atoms with Crippen molar-refractivity contribution in [2.75, 3.05) is 24.6 Å². The Morgan fingerprint density at radius 2 is 2.00 bits per heavy atom. The first-order chi connectivity index (χ1) is 10.9. The quantitative estimate of drug-likeness (QED) is 0.752. The van der Waals surface area contributed by atoms with Crippen molar-refractivity contribution in [2.45, 2.75) is 31.5 Å². The van der Waals surface area contributed by atoms with Crippen LogP contribution in [0, 0.1) is 5.92 Å². The summed E-state index contributed by atoms with van der Waals surface area (Å²) in [6.45, 7) is 2.05. The Bertz CT molecular complexity index is 725. The third kappa shape index (κ3) is 2.89. The van der Waals surface area contributed by atoms with Crippen molar-refractivity contribution in [3.63, 3.8) is 0 Å². The first-order valence-electron chi connectivity index (χ1n) is 8.15. The van der Waals surface area contributed by atoms with Crippen LogP contribution in [0.1, 0.15) is 18.4 Å². The lowest BCUT2D eigenvalue weighted by Crippen LogP contribution is -2.60. The number of aryl methyl sites for hydroxylation is 1. The highest BCUT2D eigenvalue weighted by Gasteiger charge is 2.49. The van der Waals surface area contributed by atoms with Gasteiger partial charge in [-0.25, -0.2) is 8.42 Å². The van der Waals surface area contributed by atoms with Gasteiger partial charge < -0.3 is 4.90 Å². The molecule has 2 saturated heterocycles. The van der Waals surface area contributed by atoms with Crippen LogP contribution in [0.25, 0.3) is 0 Å². The number of hydrogen-bond acceptors (Lipinski definition) is 5. The van der Waals surface area contributed by atoms with Gasteiger partial charge in [0.05, 0.1) is 23.7 Å². The fourth-order valence-electron chi connectivity index (χ4n) is 3.85. The molecule has 23 heavy (non-hydrogen) atoms. The molecule has 4 rings (SSSR count). The third-order valence-corrected chi connectivity index (χ3v) is 6.84. The van der Waals surface area contributed by atoms with Crippen molar-refractivity contribution in [1.82, 2.24) is 19.6 Å². The summed E-state index contributed by atoms with van der Waals surface area (Å²) in [5.74, 6) is 0.577. The maximum atomic E-state index is 12.5. The molecular weight excluding hydrogens is 316 g/mol. The Balaban J connectivity index is 1.55. The standard InChI is InChI=1S/C15H22N4O3S/c1-17-7-11(6-16-17)8-18-4-5-19(15(20)12-2-3-12)14-10-23(21,22)9-13(14)18/h6-7,12-14H,2-5,8-10H2,1H3/t13-,14+/m0/s1. The molecule has 0 bridgehead atoms. The number of nitrogens with zero attached hydrogens (tertiary/aromatic N) is 4. The van der Waals surface area contributed by atoms with E-state index in [1.54, 1.807) is 4.68 Å². The zero-order chi connectivity index (χ0) is 16.2. The highest BCUT2D eigenvalue weighted by molar-refractivity contribution is 7.91. The van der Waals surface area contributed by atoms with E-state index in [0.717, 1.165) is 24.9 Å². The Kier molecular flexibility index (Phi) is 3.49. The molecule has 3 fully saturated rings. The van der Waals surface area contributed by atoms with E-state index in [9.17, 15) is 13.2 Å². The van der Waals surface area contributed by atoms with Crippen LogP contribution in [0.4, 0.5) is 0 Å². The van der Waals surface area contributed by atoms with Gasteiger partial charge in [0.1, 0.15) is 0 Å². The number of carbonyl (C=O) groups excluding carboxylic acids is 1. The molecule has 8 heteroatoms. The van der Waals surface area contributed by atoms with Crippen molar-refractivity contribution >= 4 is 15.7 Å². The van der Waals surface area contributed by atoms with E-state index in [2.05, 4.69) is 10.00 Å². The van der Waals surface area contributed by atoms with Gasteiger partial charge in [-0.2, -0.15) is 5.10 Å². The predicted octanol–water partition coefficient (Wildman–Crippen LogP) is -0.360. The molecular formula is C15H22N4O3S. The highest BCUT2D eigenvalue weighted by atomic mass is 32.2. The van der Waals surface area contributed by atoms with Crippen LogP contribution < -0.4 is 0 Å². The second-order valence-corrected chi connectivity index (χ2v) is 9.16. The maximum Gasteiger partial charge on any atom is 0.226 e. The zero-order valence-electron chi connectivity index (χ0n) is 13.3. The Morgan fingerprint density at radius 1 is 1.26 bits per heavy atom. The molecule has 3 heterocycles. The maximum absolute atomic E-state index is 12.5. The summed E-state index contributed by atoms with van der Waals surface area (Å²) < 4.78 is 26.1. The van der Waals surface area contributed by atoms with Crippen molar-refractivity contribution < 1.29 is 13.2 Å². The van der Waals surface area contributed by atoms with Gasteiger partial charge in [0, 0.05) is 50.4 Å². The summed E-state index contributed by atoms with van der Waals surface area (Å²) in [6.07, 6.45) is 5.69. The SMILES string of the molecule is Cn1cc(CN2CCN(C(=O)C3CC3)[C@@H]3CS(=O)(=O)C[C@@H]32)cn1. The highest BCUT2D eigenvalue weighted by Crippen LogP contribution is 2.35. The molecule has 3 aliphatic rings. The smallest absolute Gasteiger partial charge is 0.226 e. The summed E-state index contributed by atoms with van der Waals surface area (Å²) >= 11 is 0. The van der Waals surface area contributed by atoms with Crippen LogP contribution in [-0.2, 0) is 28.2 Å². The average Bonchev–Trinajstić information content (AvgIpc) is 3.17. The van der Waals surface area contributed by atoms with E-state index in [1.165, 1.54) is 0 Å². The van der Waals surface area contributed by atoms with Gasteiger partial charge in [-0.3, -0.25) is 14.4 Å². The number of rotatable bonds is 3. The lowest BCUT2D eigenvalue weighted by molar-refractivity contribution is -0.138. The summed E-state index contributed by atoms with van der Waals surface area (Å²) in [7, 11) is -1.20. The van der Waals surface area contributed by atoms with Crippen LogP contribution in [-0.4, -0.2) is 70.6 Å². The lowest BCUT2D eigenvalue weighted by Gasteiger charge is -2.44. The average molecular weight is 338 g/mol. The van der Waals surface area contributed by atoms with Crippen LogP contribution in [0.5, 0.6) is 0 Å². The molecule has 0 unspecified atom stereocenters. The molecule has 1 aromatic heterocycles. The summed E-state index contributed by atoms with van der Waals surface area (Å²) in [5.41, 5.74) is 1.08. The molecule has 0 spiro atoms. The van der Waals surface area contributed by atoms with Gasteiger partial charge in [-0.1, -0.05) is 0 Å². The van der Waals surface area contributed by atoms with Crippen molar-refractivity contribution in [3.05, 3.63) is 18.0 Å². The van der Waals surface area contributed by atoms with Gasteiger partial charge in [0.2, 0.25) is 5.91 Å². The van der Waals surface area contributed by atoms with Crippen molar-refractivity contribution in [3.8, 4) is 0 Å². The van der Waals surface area contributed by atoms with Gasteiger partial charge in [0.25, 0.3) is 0 Å². The number of sulfone groups is 1. The zero-order valence-corrected chi connectivity index (χ0v) is 14.1. The van der Waals surface area contributed by atoms with E-state index in [-0.39, 0.29) is 35.4 Å². The normalized spacial score (nSPS) is 30.4. The van der Waals surface area contributed by atoms with E-state index in [4.69, 9.17) is 0 Å². The minimum Gasteiger partial charge on any atom is -0.336 e. The van der Waals surface area contributed by atoms with Gasteiger partial charge in [-0.15, -0.1) is 0 Å². The molecule has 1 amide bonds. The molecule has 0 aromatic carbocycles. The Labute approximate surface area is 136 Å². The van der Waals surface area contributed by atoms with E-state index in [0.29, 0.717) is 13.1 Å². The topological polar surface area (TPSA) is 75.5 Å². The van der Waals surface area contributed by atoms with Crippen LogP contribution in [0.3, 0.4) is 0 Å². The third-order valence-electron chi connectivity index (χ3n) is 5.14.